The van der Waals surface area contributed by atoms with Gasteiger partial charge in [-0.05, 0) is 25.9 Å². The predicted octanol–water partition coefficient (Wildman–Crippen LogP) is 0.794. The molecular formula is C7H12ClNO. The van der Waals surface area contributed by atoms with Crippen molar-refractivity contribution in [3.8, 4) is 0 Å². The molecular weight excluding hydrogens is 150 g/mol. The minimum atomic E-state index is 0.185. The smallest absolute Gasteiger partial charge is 0.150 e. The topological polar surface area (TPSA) is 29.1 Å². The molecule has 58 valence electrons. The summed E-state index contributed by atoms with van der Waals surface area (Å²) in [7, 11) is 0. The highest BCUT2D eigenvalue weighted by atomic mass is 35.5. The number of ketones is 1. The maximum atomic E-state index is 11.0. The van der Waals surface area contributed by atoms with Crippen LogP contribution in [0.25, 0.3) is 0 Å². The Hall–Kier alpha value is -0.0800. The lowest BCUT2D eigenvalue weighted by atomic mass is 9.95. The summed E-state index contributed by atoms with van der Waals surface area (Å²) >= 11 is 5.42. The van der Waals surface area contributed by atoms with Crippen LogP contribution in [0.4, 0.5) is 0 Å². The van der Waals surface area contributed by atoms with E-state index in [0.717, 1.165) is 25.9 Å². The van der Waals surface area contributed by atoms with Crippen molar-refractivity contribution in [1.29, 1.82) is 0 Å². The van der Waals surface area contributed by atoms with Crippen molar-refractivity contribution in [1.82, 2.24) is 5.32 Å². The lowest BCUT2D eigenvalue weighted by Crippen LogP contribution is -2.32. The van der Waals surface area contributed by atoms with Crippen LogP contribution >= 0.6 is 11.6 Å². The van der Waals surface area contributed by atoms with E-state index in [0.29, 0.717) is 0 Å². The van der Waals surface area contributed by atoms with Gasteiger partial charge in [0, 0.05) is 5.92 Å². The fraction of sp³-hybridized carbons (Fsp3) is 0.857. The number of piperidine rings is 1. The summed E-state index contributed by atoms with van der Waals surface area (Å²) in [6.07, 6.45) is 1.93. The third-order valence-corrected chi connectivity index (χ3v) is 2.19. The first-order chi connectivity index (χ1) is 4.84. The molecule has 1 saturated heterocycles. The van der Waals surface area contributed by atoms with E-state index in [9.17, 15) is 4.79 Å². The third kappa shape index (κ3) is 1.96. The maximum Gasteiger partial charge on any atom is 0.150 e. The number of alkyl halides is 1. The predicted molar refractivity (Wildman–Crippen MR) is 41.3 cm³/mol. The molecule has 1 aliphatic rings. The molecule has 0 aromatic heterocycles. The second-order valence-corrected chi connectivity index (χ2v) is 2.89. The van der Waals surface area contributed by atoms with Crippen molar-refractivity contribution >= 4 is 17.4 Å². The van der Waals surface area contributed by atoms with Gasteiger partial charge in [-0.25, -0.2) is 0 Å². The molecule has 0 radical (unpaired) electrons. The maximum absolute atomic E-state index is 11.0. The van der Waals surface area contributed by atoms with Crippen molar-refractivity contribution in [3.63, 3.8) is 0 Å². The van der Waals surface area contributed by atoms with E-state index in [1.807, 2.05) is 0 Å². The van der Waals surface area contributed by atoms with Crippen LogP contribution in [0.1, 0.15) is 12.8 Å². The van der Waals surface area contributed by atoms with E-state index in [2.05, 4.69) is 5.32 Å². The van der Waals surface area contributed by atoms with Gasteiger partial charge < -0.3 is 5.32 Å². The Morgan fingerprint density at radius 3 is 2.60 bits per heavy atom. The van der Waals surface area contributed by atoms with E-state index in [1.165, 1.54) is 0 Å². The highest BCUT2D eigenvalue weighted by molar-refractivity contribution is 6.27. The van der Waals surface area contributed by atoms with E-state index >= 15 is 0 Å². The van der Waals surface area contributed by atoms with Crippen molar-refractivity contribution in [2.45, 2.75) is 12.8 Å². The summed E-state index contributed by atoms with van der Waals surface area (Å²) in [6, 6.07) is 0. The largest absolute Gasteiger partial charge is 0.317 e. The van der Waals surface area contributed by atoms with E-state index in [4.69, 9.17) is 11.6 Å². The second-order valence-electron chi connectivity index (χ2n) is 2.62. The molecule has 0 bridgehead atoms. The molecule has 1 aliphatic heterocycles. The molecule has 0 aromatic rings. The molecule has 2 nitrogen and oxygen atoms in total. The summed E-state index contributed by atoms with van der Waals surface area (Å²) in [5.41, 5.74) is 0. The first-order valence-corrected chi connectivity index (χ1v) is 4.17. The molecule has 0 spiro atoms. The van der Waals surface area contributed by atoms with Gasteiger partial charge in [0.1, 0.15) is 0 Å². The number of nitrogens with one attached hydrogen (secondary N) is 1. The molecule has 1 fully saturated rings. The number of carbonyl (C=O) groups excluding carboxylic acids is 1. The van der Waals surface area contributed by atoms with Crippen LogP contribution in [0.5, 0.6) is 0 Å². The quantitative estimate of drug-likeness (QED) is 0.607. The van der Waals surface area contributed by atoms with Gasteiger partial charge in [0.2, 0.25) is 0 Å². The summed E-state index contributed by atoms with van der Waals surface area (Å²) < 4.78 is 0. The lowest BCUT2D eigenvalue weighted by molar-refractivity contribution is -0.121. The van der Waals surface area contributed by atoms with E-state index in [-0.39, 0.29) is 17.6 Å². The minimum absolute atomic E-state index is 0.185. The minimum Gasteiger partial charge on any atom is -0.317 e. The molecule has 0 aromatic carbocycles. The lowest BCUT2D eigenvalue weighted by Gasteiger charge is -2.20. The van der Waals surface area contributed by atoms with Gasteiger partial charge in [0.05, 0.1) is 5.88 Å². The van der Waals surface area contributed by atoms with Crippen LogP contribution in [-0.4, -0.2) is 24.8 Å². The summed E-state index contributed by atoms with van der Waals surface area (Å²) in [4.78, 5) is 11.0. The van der Waals surface area contributed by atoms with Gasteiger partial charge in [-0.1, -0.05) is 0 Å². The van der Waals surface area contributed by atoms with Gasteiger partial charge in [0.25, 0.3) is 0 Å². The SMILES string of the molecule is O=C(CCl)C1CCNCC1. The van der Waals surface area contributed by atoms with Crippen LogP contribution in [0.3, 0.4) is 0 Å². The molecule has 1 heterocycles. The molecule has 0 saturated carbocycles. The molecule has 10 heavy (non-hydrogen) atoms. The van der Waals surface area contributed by atoms with Crippen LogP contribution in [0.2, 0.25) is 0 Å². The number of rotatable bonds is 2. The molecule has 1 N–H and O–H groups in total. The first kappa shape index (κ1) is 8.02. The molecule has 0 amide bonds. The number of hydrogen-bond donors (Lipinski definition) is 1. The zero-order chi connectivity index (χ0) is 7.40. The standard InChI is InChI=1S/C7H12ClNO/c8-5-7(10)6-1-3-9-4-2-6/h6,9H,1-5H2. The highest BCUT2D eigenvalue weighted by Gasteiger charge is 2.19. The number of hydrogen-bond acceptors (Lipinski definition) is 2. The number of Topliss-reactive ketones (excluding diaryl/α,β-unsaturated/α-hetero) is 1. The fourth-order valence-electron chi connectivity index (χ4n) is 1.25. The third-order valence-electron chi connectivity index (χ3n) is 1.93. The number of carbonyl (C=O) groups is 1. The van der Waals surface area contributed by atoms with Gasteiger partial charge in [-0.3, -0.25) is 4.79 Å². The zero-order valence-electron chi connectivity index (χ0n) is 5.90. The van der Waals surface area contributed by atoms with Crippen LogP contribution in [0.15, 0.2) is 0 Å². The van der Waals surface area contributed by atoms with Crippen LogP contribution in [0, 0.1) is 5.92 Å². The van der Waals surface area contributed by atoms with E-state index in [1.54, 1.807) is 0 Å². The Morgan fingerprint density at radius 2 is 2.10 bits per heavy atom. The Bertz CT molecular complexity index is 121. The second kappa shape index (κ2) is 3.94. The molecule has 3 heteroatoms. The Labute approximate surface area is 65.9 Å². The van der Waals surface area contributed by atoms with Gasteiger partial charge in [-0.15, -0.1) is 11.6 Å². The average Bonchev–Trinajstić information content (AvgIpc) is 2.05. The van der Waals surface area contributed by atoms with Crippen molar-refractivity contribution in [3.05, 3.63) is 0 Å². The van der Waals surface area contributed by atoms with Gasteiger partial charge in [-0.2, -0.15) is 0 Å². The zero-order valence-corrected chi connectivity index (χ0v) is 6.66. The fourth-order valence-corrected chi connectivity index (χ4v) is 1.47. The molecule has 0 unspecified atom stereocenters. The summed E-state index contributed by atoms with van der Waals surface area (Å²) in [5, 5.41) is 3.20. The van der Waals surface area contributed by atoms with Crippen LogP contribution < -0.4 is 5.32 Å². The highest BCUT2D eigenvalue weighted by Crippen LogP contribution is 2.12. The molecule has 1 rings (SSSR count). The average molecular weight is 162 g/mol. The van der Waals surface area contributed by atoms with Crippen molar-refractivity contribution in [2.24, 2.45) is 5.92 Å². The summed E-state index contributed by atoms with van der Waals surface area (Å²) in [6.45, 7) is 1.93. The van der Waals surface area contributed by atoms with E-state index < -0.39 is 0 Å². The van der Waals surface area contributed by atoms with Gasteiger partial charge >= 0.3 is 0 Å². The Kier molecular flexibility index (Phi) is 3.16. The van der Waals surface area contributed by atoms with Crippen molar-refractivity contribution < 1.29 is 4.79 Å². The summed E-state index contributed by atoms with van der Waals surface area (Å²) in [5.74, 6) is 0.631. The molecule has 0 aliphatic carbocycles. The number of halogens is 1. The Balaban J connectivity index is 2.31. The molecule has 0 atom stereocenters. The normalized spacial score (nSPS) is 20.9. The Morgan fingerprint density at radius 1 is 1.50 bits per heavy atom. The van der Waals surface area contributed by atoms with Crippen LogP contribution in [-0.2, 0) is 4.79 Å². The van der Waals surface area contributed by atoms with Crippen molar-refractivity contribution in [2.75, 3.05) is 19.0 Å². The van der Waals surface area contributed by atoms with Gasteiger partial charge in [0.15, 0.2) is 5.78 Å². The first-order valence-electron chi connectivity index (χ1n) is 3.64. The monoisotopic (exact) mass is 161 g/mol.